The minimum atomic E-state index is -0.128. The molecule has 2 N–H and O–H groups in total. The van der Waals surface area contributed by atoms with Crippen molar-refractivity contribution in [3.63, 3.8) is 0 Å². The highest BCUT2D eigenvalue weighted by molar-refractivity contribution is 6.31. The van der Waals surface area contributed by atoms with Crippen molar-refractivity contribution >= 4 is 17.5 Å². The molecule has 0 unspecified atom stereocenters. The van der Waals surface area contributed by atoms with Crippen molar-refractivity contribution in [2.45, 2.75) is 27.2 Å². The molecule has 0 aliphatic heterocycles. The van der Waals surface area contributed by atoms with Gasteiger partial charge in [-0.2, -0.15) is 0 Å². The molecule has 5 heteroatoms. The van der Waals surface area contributed by atoms with E-state index in [1.165, 1.54) is 0 Å². The number of ether oxygens (including phenoxy) is 1. The summed E-state index contributed by atoms with van der Waals surface area (Å²) in [4.78, 5) is 14.6. The lowest BCUT2D eigenvalue weighted by atomic mass is 9.92. The Morgan fingerprint density at radius 2 is 2.10 bits per heavy atom. The van der Waals surface area contributed by atoms with Gasteiger partial charge >= 0.3 is 0 Å². The predicted molar refractivity (Wildman–Crippen MR) is 87.0 cm³/mol. The molecule has 0 saturated heterocycles. The van der Waals surface area contributed by atoms with E-state index < -0.39 is 0 Å². The van der Waals surface area contributed by atoms with Crippen molar-refractivity contribution in [1.29, 1.82) is 0 Å². The third-order valence-corrected chi connectivity index (χ3v) is 3.58. The van der Waals surface area contributed by atoms with Gasteiger partial charge in [-0.3, -0.25) is 4.79 Å². The fourth-order valence-corrected chi connectivity index (χ4v) is 2.29. The Morgan fingerprint density at radius 1 is 1.43 bits per heavy atom. The minimum absolute atomic E-state index is 0.0716. The van der Waals surface area contributed by atoms with Crippen LogP contribution >= 0.6 is 11.6 Å². The molecule has 4 nitrogen and oxygen atoms in total. The number of halogens is 1. The molecule has 0 radical (unpaired) electrons. The van der Waals surface area contributed by atoms with Gasteiger partial charge in [0.05, 0.1) is 12.7 Å². The predicted octanol–water partition coefficient (Wildman–Crippen LogP) is 3.19. The first kappa shape index (κ1) is 17.8. The van der Waals surface area contributed by atoms with Crippen LogP contribution in [0.3, 0.4) is 0 Å². The highest BCUT2D eigenvalue weighted by Gasteiger charge is 2.26. The molecular formula is C16H25ClN2O2. The van der Waals surface area contributed by atoms with E-state index in [1.807, 2.05) is 11.8 Å². The summed E-state index contributed by atoms with van der Waals surface area (Å²) >= 11 is 6.01. The Bertz CT molecular complexity index is 489. The van der Waals surface area contributed by atoms with Crippen molar-refractivity contribution < 1.29 is 9.53 Å². The second-order valence-electron chi connectivity index (χ2n) is 5.94. The van der Waals surface area contributed by atoms with Crippen LogP contribution in [0.1, 0.15) is 37.6 Å². The van der Waals surface area contributed by atoms with Crippen LogP contribution in [0.5, 0.6) is 5.75 Å². The lowest BCUT2D eigenvalue weighted by molar-refractivity contribution is 0.0686. The first-order chi connectivity index (χ1) is 9.84. The van der Waals surface area contributed by atoms with Gasteiger partial charge in [-0.15, -0.1) is 0 Å². The van der Waals surface area contributed by atoms with Gasteiger partial charge in [-0.1, -0.05) is 32.4 Å². The summed E-state index contributed by atoms with van der Waals surface area (Å²) in [6.07, 6.45) is 0.884. The second kappa shape index (κ2) is 7.66. The summed E-state index contributed by atoms with van der Waals surface area (Å²) in [6, 6.07) is 5.08. The van der Waals surface area contributed by atoms with Gasteiger partial charge in [0, 0.05) is 18.1 Å². The van der Waals surface area contributed by atoms with E-state index in [-0.39, 0.29) is 11.3 Å². The fraction of sp³-hybridized carbons (Fsp3) is 0.562. The molecule has 21 heavy (non-hydrogen) atoms. The fourth-order valence-electron chi connectivity index (χ4n) is 2.12. The van der Waals surface area contributed by atoms with Crippen LogP contribution < -0.4 is 10.5 Å². The van der Waals surface area contributed by atoms with Gasteiger partial charge in [0.25, 0.3) is 5.91 Å². The van der Waals surface area contributed by atoms with Crippen LogP contribution in [0.4, 0.5) is 0 Å². The van der Waals surface area contributed by atoms with E-state index in [4.69, 9.17) is 22.1 Å². The molecule has 118 valence electrons. The maximum Gasteiger partial charge on any atom is 0.257 e. The molecule has 1 amide bonds. The lowest BCUT2D eigenvalue weighted by Gasteiger charge is -2.32. The van der Waals surface area contributed by atoms with E-state index >= 15 is 0 Å². The number of methoxy groups -OCH3 is 1. The zero-order chi connectivity index (χ0) is 16.0. The van der Waals surface area contributed by atoms with Crippen molar-refractivity contribution in [3.8, 4) is 5.75 Å². The second-order valence-corrected chi connectivity index (χ2v) is 6.38. The van der Waals surface area contributed by atoms with E-state index in [0.29, 0.717) is 36.0 Å². The third-order valence-electron chi connectivity index (χ3n) is 3.34. The normalized spacial score (nSPS) is 11.3. The van der Waals surface area contributed by atoms with Crippen LogP contribution in [0.2, 0.25) is 5.02 Å². The Hall–Kier alpha value is -1.26. The average molecular weight is 313 g/mol. The first-order valence-electron chi connectivity index (χ1n) is 7.17. The smallest absolute Gasteiger partial charge is 0.257 e. The summed E-state index contributed by atoms with van der Waals surface area (Å²) in [7, 11) is 1.55. The zero-order valence-electron chi connectivity index (χ0n) is 13.3. The first-order valence-corrected chi connectivity index (χ1v) is 7.55. The number of amides is 1. The van der Waals surface area contributed by atoms with Gasteiger partial charge in [0.2, 0.25) is 0 Å². The number of benzene rings is 1. The molecule has 0 atom stereocenters. The van der Waals surface area contributed by atoms with Gasteiger partial charge in [-0.25, -0.2) is 0 Å². The molecule has 1 aromatic rings. The molecular weight excluding hydrogens is 288 g/mol. The molecule has 0 saturated carbocycles. The number of nitrogens with two attached hydrogens (primary N) is 1. The quantitative estimate of drug-likeness (QED) is 0.841. The van der Waals surface area contributed by atoms with Gasteiger partial charge in [0.15, 0.2) is 0 Å². The van der Waals surface area contributed by atoms with Crippen LogP contribution in [-0.4, -0.2) is 37.6 Å². The van der Waals surface area contributed by atoms with Gasteiger partial charge < -0.3 is 15.4 Å². The maximum atomic E-state index is 12.8. The third kappa shape index (κ3) is 4.90. The summed E-state index contributed by atoms with van der Waals surface area (Å²) < 4.78 is 5.28. The van der Waals surface area contributed by atoms with Gasteiger partial charge in [-0.05, 0) is 36.6 Å². The van der Waals surface area contributed by atoms with E-state index in [2.05, 4.69) is 13.8 Å². The van der Waals surface area contributed by atoms with Gasteiger partial charge in [0.1, 0.15) is 5.75 Å². The molecule has 0 aromatic heterocycles. The SMILES string of the molecule is CCCN(CC(C)(C)CN)C(=O)c1cc(Cl)ccc1OC. The number of carbonyl (C=O) groups is 1. The van der Waals surface area contributed by atoms with Crippen molar-refractivity contribution in [2.24, 2.45) is 11.1 Å². The Balaban J connectivity index is 3.08. The number of nitrogens with zero attached hydrogens (tertiary/aromatic N) is 1. The number of carbonyl (C=O) groups excluding carboxylic acids is 1. The Labute approximate surface area is 132 Å². The van der Waals surface area contributed by atoms with Crippen LogP contribution in [-0.2, 0) is 0 Å². The molecule has 0 fully saturated rings. The highest BCUT2D eigenvalue weighted by Crippen LogP contribution is 2.25. The van der Waals surface area contributed by atoms with Crippen molar-refractivity contribution in [1.82, 2.24) is 4.90 Å². The number of hydrogen-bond donors (Lipinski definition) is 1. The standard InChI is InChI=1S/C16H25ClN2O2/c1-5-8-19(11-16(2,3)10-18)15(20)13-9-12(17)6-7-14(13)21-4/h6-7,9H,5,8,10-11,18H2,1-4H3. The van der Waals surface area contributed by atoms with Crippen LogP contribution in [0, 0.1) is 5.41 Å². The number of rotatable bonds is 7. The maximum absolute atomic E-state index is 12.8. The number of hydrogen-bond acceptors (Lipinski definition) is 3. The topological polar surface area (TPSA) is 55.6 Å². The minimum Gasteiger partial charge on any atom is -0.496 e. The summed E-state index contributed by atoms with van der Waals surface area (Å²) in [5.74, 6) is 0.466. The Morgan fingerprint density at radius 3 is 2.62 bits per heavy atom. The monoisotopic (exact) mass is 312 g/mol. The average Bonchev–Trinajstić information content (AvgIpc) is 2.46. The molecule has 1 aromatic carbocycles. The lowest BCUT2D eigenvalue weighted by Crippen LogP contribution is -2.42. The van der Waals surface area contributed by atoms with Crippen molar-refractivity contribution in [3.05, 3.63) is 28.8 Å². The van der Waals surface area contributed by atoms with Crippen molar-refractivity contribution in [2.75, 3.05) is 26.7 Å². The zero-order valence-corrected chi connectivity index (χ0v) is 14.0. The molecule has 1 rings (SSSR count). The van der Waals surface area contributed by atoms with E-state index in [0.717, 1.165) is 6.42 Å². The molecule has 0 aliphatic rings. The molecule has 0 spiro atoms. The summed E-state index contributed by atoms with van der Waals surface area (Å²) in [5.41, 5.74) is 6.15. The van der Waals surface area contributed by atoms with Crippen LogP contribution in [0.15, 0.2) is 18.2 Å². The highest BCUT2D eigenvalue weighted by atomic mass is 35.5. The Kier molecular flexibility index (Phi) is 6.49. The molecule has 0 bridgehead atoms. The largest absolute Gasteiger partial charge is 0.496 e. The molecule has 0 heterocycles. The van der Waals surface area contributed by atoms with Crippen LogP contribution in [0.25, 0.3) is 0 Å². The molecule has 0 aliphatic carbocycles. The van der Waals surface area contributed by atoms with E-state index in [9.17, 15) is 4.79 Å². The van der Waals surface area contributed by atoms with E-state index in [1.54, 1.807) is 25.3 Å². The summed E-state index contributed by atoms with van der Waals surface area (Å²) in [5, 5.41) is 0.522. The summed E-state index contributed by atoms with van der Waals surface area (Å²) in [6.45, 7) is 7.96.